The molecule has 9 heteroatoms. The molecule has 0 saturated carbocycles. The summed E-state index contributed by atoms with van der Waals surface area (Å²) in [4.78, 5) is 25.7. The van der Waals surface area contributed by atoms with Crippen LogP contribution in [-0.4, -0.2) is 49.1 Å². The molecular weight excluding hydrogens is 180 g/mol. The Morgan fingerprint density at radius 3 is 0.500 bits per heavy atom. The normalized spacial score (nSPS) is 6.00. The Balaban J connectivity index is -0.000000101. The van der Waals surface area contributed by atoms with Gasteiger partial charge in [0, 0.05) is 0 Å². The molecule has 0 atom stereocenters. The summed E-state index contributed by atoms with van der Waals surface area (Å²) in [6.07, 6.45) is -5.50. The van der Waals surface area contributed by atoms with Crippen LogP contribution in [0.2, 0.25) is 0 Å². The molecule has 0 fully saturated rings. The molecule has 72 valence electrons. The molecule has 0 bridgehead atoms. The summed E-state index contributed by atoms with van der Waals surface area (Å²) in [5.41, 5.74) is 0. The average Bonchev–Trinajstić information content (AvgIpc) is 1.54. The van der Waals surface area contributed by atoms with Crippen LogP contribution >= 0.6 is 0 Å². The summed E-state index contributed by atoms with van der Waals surface area (Å²) >= 11 is 0. The van der Waals surface area contributed by atoms with E-state index in [0.717, 1.165) is 0 Å². The second kappa shape index (κ2) is 11.6. The van der Waals surface area contributed by atoms with Gasteiger partial charge in [0.05, 0.1) is 0 Å². The van der Waals surface area contributed by atoms with E-state index in [0.29, 0.717) is 0 Å². The van der Waals surface area contributed by atoms with Gasteiger partial charge in [-0.3, -0.25) is 0 Å². The molecule has 0 spiro atoms. The Labute approximate surface area is 64.7 Å². The fourth-order valence-electron chi connectivity index (χ4n) is 0. The molecule has 0 aliphatic carbocycles. The quantitative estimate of drug-likeness (QED) is 0.317. The first kappa shape index (κ1) is 16.4. The Kier molecular flexibility index (Phi) is 15.9. The molecule has 0 aromatic carbocycles. The predicted octanol–water partition coefficient (Wildman–Crippen LogP) is 0.667. The van der Waals surface area contributed by atoms with Crippen molar-refractivity contribution in [3.05, 3.63) is 0 Å². The lowest BCUT2D eigenvalue weighted by Crippen LogP contribution is -1.81. The third kappa shape index (κ3) is 75.5. The van der Waals surface area contributed by atoms with E-state index in [4.69, 9.17) is 45.0 Å². The van der Waals surface area contributed by atoms with Gasteiger partial charge in [0.15, 0.2) is 0 Å². The van der Waals surface area contributed by atoms with Crippen molar-refractivity contribution in [2.75, 3.05) is 0 Å². The first-order valence-corrected chi connectivity index (χ1v) is 1.95. The van der Waals surface area contributed by atoms with E-state index in [1.807, 2.05) is 0 Å². The highest BCUT2D eigenvalue weighted by Gasteiger charge is 1.70. The summed E-state index contributed by atoms with van der Waals surface area (Å²) in [5, 5.41) is 41.8. The van der Waals surface area contributed by atoms with Crippen LogP contribution in [-0.2, 0) is 0 Å². The van der Waals surface area contributed by atoms with Crippen LogP contribution in [0.1, 0.15) is 0 Å². The lowest BCUT2D eigenvalue weighted by molar-refractivity contribution is 0.135. The average molecular weight is 186 g/mol. The molecule has 0 unspecified atom stereocenters. The van der Waals surface area contributed by atoms with Crippen molar-refractivity contribution < 1.29 is 45.0 Å². The van der Waals surface area contributed by atoms with E-state index in [9.17, 15) is 0 Å². The van der Waals surface area contributed by atoms with Gasteiger partial charge < -0.3 is 30.6 Å². The molecule has 9 nitrogen and oxygen atoms in total. The standard InChI is InChI=1S/3CH2O3/c3*2-1(3)4/h3*(H2,2,3,4). The van der Waals surface area contributed by atoms with E-state index >= 15 is 0 Å². The highest BCUT2D eigenvalue weighted by molar-refractivity contribution is 5.53. The fraction of sp³-hybridized carbons (Fsp3) is 0. The zero-order valence-corrected chi connectivity index (χ0v) is 5.41. The number of hydrogen-bond donors (Lipinski definition) is 6. The maximum absolute atomic E-state index is 8.56. The van der Waals surface area contributed by atoms with Crippen molar-refractivity contribution in [1.82, 2.24) is 0 Å². The van der Waals surface area contributed by atoms with Crippen molar-refractivity contribution in [3.63, 3.8) is 0 Å². The third-order valence-corrected chi connectivity index (χ3v) is 0. The van der Waals surface area contributed by atoms with Gasteiger partial charge in [-0.25, -0.2) is 14.4 Å². The first-order chi connectivity index (χ1) is 5.20. The molecule has 0 rings (SSSR count). The molecule has 0 radical (unpaired) electrons. The molecule has 6 N–H and O–H groups in total. The molecule has 0 amide bonds. The maximum atomic E-state index is 8.56. The number of hydrogen-bond acceptors (Lipinski definition) is 3. The molecule has 0 heterocycles. The maximum Gasteiger partial charge on any atom is 0.503 e. The zero-order chi connectivity index (χ0) is 10.7. The van der Waals surface area contributed by atoms with Crippen molar-refractivity contribution in [2.24, 2.45) is 0 Å². The van der Waals surface area contributed by atoms with E-state index in [2.05, 4.69) is 0 Å². The third-order valence-electron chi connectivity index (χ3n) is 0. The highest BCUT2D eigenvalue weighted by Crippen LogP contribution is 1.43. The van der Waals surface area contributed by atoms with Gasteiger partial charge in [0.25, 0.3) is 0 Å². The SMILES string of the molecule is O=C(O)O.O=C(O)O.O=C(O)O. The summed E-state index contributed by atoms with van der Waals surface area (Å²) in [6, 6.07) is 0. The summed E-state index contributed by atoms with van der Waals surface area (Å²) in [5.74, 6) is 0. The van der Waals surface area contributed by atoms with Gasteiger partial charge in [-0.15, -0.1) is 0 Å². The summed E-state index contributed by atoms with van der Waals surface area (Å²) in [7, 11) is 0. The summed E-state index contributed by atoms with van der Waals surface area (Å²) in [6.45, 7) is 0. The molecular formula is C3H6O9. The van der Waals surface area contributed by atoms with E-state index < -0.39 is 18.5 Å². The van der Waals surface area contributed by atoms with Gasteiger partial charge in [-0.2, -0.15) is 0 Å². The number of carbonyl (C=O) groups is 3. The van der Waals surface area contributed by atoms with Crippen LogP contribution in [0.3, 0.4) is 0 Å². The molecule has 0 aliphatic heterocycles. The topological polar surface area (TPSA) is 173 Å². The van der Waals surface area contributed by atoms with Crippen LogP contribution in [0, 0.1) is 0 Å². The highest BCUT2D eigenvalue weighted by atomic mass is 16.6. The van der Waals surface area contributed by atoms with Crippen molar-refractivity contribution >= 4 is 18.5 Å². The van der Waals surface area contributed by atoms with Gasteiger partial charge in [-0.1, -0.05) is 0 Å². The smallest absolute Gasteiger partial charge is 0.450 e. The second-order valence-electron chi connectivity index (χ2n) is 0.848. The Bertz CT molecular complexity index is 107. The van der Waals surface area contributed by atoms with Crippen molar-refractivity contribution in [2.45, 2.75) is 0 Å². The Morgan fingerprint density at radius 2 is 0.500 bits per heavy atom. The van der Waals surface area contributed by atoms with Gasteiger partial charge >= 0.3 is 18.5 Å². The number of rotatable bonds is 0. The lowest BCUT2D eigenvalue weighted by Gasteiger charge is -1.60. The molecule has 0 saturated heterocycles. The van der Waals surface area contributed by atoms with Crippen molar-refractivity contribution in [3.8, 4) is 0 Å². The minimum absolute atomic E-state index is 1.83. The molecule has 0 aliphatic rings. The predicted molar refractivity (Wildman–Crippen MR) is 32.0 cm³/mol. The van der Waals surface area contributed by atoms with Gasteiger partial charge in [0.2, 0.25) is 0 Å². The lowest BCUT2D eigenvalue weighted by atomic mass is 11.5. The van der Waals surface area contributed by atoms with E-state index in [1.54, 1.807) is 0 Å². The van der Waals surface area contributed by atoms with Crippen molar-refractivity contribution in [1.29, 1.82) is 0 Å². The fourth-order valence-corrected chi connectivity index (χ4v) is 0. The summed E-state index contributed by atoms with van der Waals surface area (Å²) < 4.78 is 0. The minimum Gasteiger partial charge on any atom is -0.450 e. The first-order valence-electron chi connectivity index (χ1n) is 1.95. The molecule has 0 aromatic rings. The van der Waals surface area contributed by atoms with E-state index in [-0.39, 0.29) is 0 Å². The van der Waals surface area contributed by atoms with Crippen LogP contribution in [0.15, 0.2) is 0 Å². The van der Waals surface area contributed by atoms with Gasteiger partial charge in [-0.05, 0) is 0 Å². The molecule has 0 aromatic heterocycles. The second-order valence-corrected chi connectivity index (χ2v) is 0.848. The number of carboxylic acid groups (broad SMARTS) is 6. The monoisotopic (exact) mass is 186 g/mol. The van der Waals surface area contributed by atoms with Crippen LogP contribution < -0.4 is 0 Å². The van der Waals surface area contributed by atoms with Crippen LogP contribution in [0.4, 0.5) is 14.4 Å². The van der Waals surface area contributed by atoms with E-state index in [1.165, 1.54) is 0 Å². The van der Waals surface area contributed by atoms with Gasteiger partial charge in [0.1, 0.15) is 0 Å². The minimum atomic E-state index is -1.83. The van der Waals surface area contributed by atoms with Crippen LogP contribution in [0.5, 0.6) is 0 Å². The van der Waals surface area contributed by atoms with Crippen LogP contribution in [0.25, 0.3) is 0 Å². The molecule has 12 heavy (non-hydrogen) atoms. The Hall–Kier alpha value is -2.19. The Morgan fingerprint density at radius 1 is 0.500 bits per heavy atom. The zero-order valence-electron chi connectivity index (χ0n) is 5.41. The largest absolute Gasteiger partial charge is 0.503 e.